The lowest BCUT2D eigenvalue weighted by Gasteiger charge is -2.43. The first-order valence-corrected chi connectivity index (χ1v) is 7.64. The van der Waals surface area contributed by atoms with Crippen molar-refractivity contribution in [1.82, 2.24) is 10.2 Å². The molecule has 1 aliphatic carbocycles. The molecule has 0 aromatic carbocycles. The van der Waals surface area contributed by atoms with Crippen molar-refractivity contribution in [3.05, 3.63) is 22.4 Å². The van der Waals surface area contributed by atoms with Gasteiger partial charge in [-0.1, -0.05) is 6.07 Å². The van der Waals surface area contributed by atoms with E-state index in [1.54, 1.807) is 7.05 Å². The molecule has 21 heavy (non-hydrogen) atoms. The summed E-state index contributed by atoms with van der Waals surface area (Å²) in [7, 11) is 1.65. The van der Waals surface area contributed by atoms with Gasteiger partial charge in [-0.3, -0.25) is 4.79 Å². The highest BCUT2D eigenvalue weighted by Gasteiger charge is 2.43. The fraction of sp³-hybridized carbons (Fsp3) is 0.500. The van der Waals surface area contributed by atoms with Gasteiger partial charge in [-0.15, -0.1) is 11.3 Å². The zero-order valence-electron chi connectivity index (χ0n) is 11.8. The van der Waals surface area contributed by atoms with E-state index in [1.165, 1.54) is 16.2 Å². The van der Waals surface area contributed by atoms with Crippen molar-refractivity contribution < 1.29 is 9.59 Å². The monoisotopic (exact) mass is 306 g/mol. The summed E-state index contributed by atoms with van der Waals surface area (Å²) in [5, 5.41) is 13.8. The number of amides is 3. The Kier molecular flexibility index (Phi) is 4.48. The third-order valence-electron chi connectivity index (χ3n) is 3.99. The van der Waals surface area contributed by atoms with E-state index >= 15 is 0 Å². The van der Waals surface area contributed by atoms with Gasteiger partial charge in [0, 0.05) is 11.9 Å². The second kappa shape index (κ2) is 6.14. The van der Waals surface area contributed by atoms with Crippen LogP contribution in [0.5, 0.6) is 0 Å². The summed E-state index contributed by atoms with van der Waals surface area (Å²) in [5.74, 6) is -0.164. The number of nitrogens with zero attached hydrogens (tertiary/aromatic N) is 2. The van der Waals surface area contributed by atoms with Gasteiger partial charge in [-0.05, 0) is 30.7 Å². The number of hydrogen-bond acceptors (Lipinski definition) is 4. The van der Waals surface area contributed by atoms with Crippen molar-refractivity contribution in [3.8, 4) is 6.07 Å². The summed E-state index contributed by atoms with van der Waals surface area (Å²) in [6.45, 7) is 0. The number of carbonyl (C=O) groups is 2. The van der Waals surface area contributed by atoms with Crippen LogP contribution < -0.4 is 11.1 Å². The number of hydrogen-bond donors (Lipinski definition) is 2. The fourth-order valence-corrected chi connectivity index (χ4v) is 3.25. The minimum absolute atomic E-state index is 0.101. The third-order valence-corrected chi connectivity index (χ3v) is 4.97. The SMILES string of the molecule is CN(C(=O)C[C@H](NC(N)=O)c1cccs1)C1(C#N)CCC1. The molecule has 112 valence electrons. The number of nitriles is 1. The van der Waals surface area contributed by atoms with Crippen LogP contribution in [0.4, 0.5) is 4.79 Å². The second-order valence-electron chi connectivity index (χ2n) is 5.23. The number of carbonyl (C=O) groups excluding carboxylic acids is 2. The second-order valence-corrected chi connectivity index (χ2v) is 6.21. The van der Waals surface area contributed by atoms with Gasteiger partial charge in [0.15, 0.2) is 0 Å². The summed E-state index contributed by atoms with van der Waals surface area (Å²) < 4.78 is 0. The van der Waals surface area contributed by atoms with Gasteiger partial charge in [-0.25, -0.2) is 4.79 Å². The Hall–Kier alpha value is -2.07. The third kappa shape index (κ3) is 3.16. The van der Waals surface area contributed by atoms with E-state index in [1.807, 2.05) is 17.5 Å². The van der Waals surface area contributed by atoms with Crippen molar-refractivity contribution >= 4 is 23.3 Å². The maximum atomic E-state index is 12.4. The Bertz CT molecular complexity index is 560. The first-order chi connectivity index (χ1) is 9.98. The molecule has 1 atom stereocenters. The molecule has 7 heteroatoms. The molecule has 0 saturated heterocycles. The van der Waals surface area contributed by atoms with E-state index in [0.717, 1.165) is 11.3 Å². The van der Waals surface area contributed by atoms with Gasteiger partial charge < -0.3 is 16.0 Å². The number of urea groups is 1. The molecule has 0 aliphatic heterocycles. The smallest absolute Gasteiger partial charge is 0.312 e. The van der Waals surface area contributed by atoms with Crippen LogP contribution in [0.15, 0.2) is 17.5 Å². The molecule has 3 amide bonds. The highest BCUT2D eigenvalue weighted by atomic mass is 32.1. The van der Waals surface area contributed by atoms with Gasteiger partial charge in [0.05, 0.1) is 18.5 Å². The van der Waals surface area contributed by atoms with Gasteiger partial charge in [0.25, 0.3) is 0 Å². The molecule has 6 nitrogen and oxygen atoms in total. The molecule has 1 fully saturated rings. The zero-order valence-corrected chi connectivity index (χ0v) is 12.7. The normalized spacial score (nSPS) is 17.1. The first-order valence-electron chi connectivity index (χ1n) is 6.76. The number of nitrogens with two attached hydrogens (primary N) is 1. The molecule has 2 rings (SSSR count). The van der Waals surface area contributed by atoms with Crippen molar-refractivity contribution in [2.45, 2.75) is 37.3 Å². The maximum Gasteiger partial charge on any atom is 0.312 e. The first kappa shape index (κ1) is 15.3. The molecular weight excluding hydrogens is 288 g/mol. The molecule has 3 N–H and O–H groups in total. The maximum absolute atomic E-state index is 12.4. The Morgan fingerprint density at radius 2 is 2.33 bits per heavy atom. The predicted octanol–water partition coefficient (Wildman–Crippen LogP) is 1.75. The van der Waals surface area contributed by atoms with Crippen LogP contribution in [-0.2, 0) is 4.79 Å². The molecule has 1 aliphatic rings. The highest BCUT2D eigenvalue weighted by Crippen LogP contribution is 2.37. The molecule has 1 heterocycles. The standard InChI is InChI=1S/C14H18N4O2S/c1-18(14(9-15)5-3-6-14)12(19)8-10(17-13(16)20)11-4-2-7-21-11/h2,4,7,10H,3,5-6,8H2,1H3,(H3,16,17,20)/t10-/m0/s1. The van der Waals surface area contributed by atoms with Crippen LogP contribution in [0.2, 0.25) is 0 Å². The van der Waals surface area contributed by atoms with E-state index < -0.39 is 17.6 Å². The lowest BCUT2D eigenvalue weighted by molar-refractivity contribution is -0.136. The zero-order chi connectivity index (χ0) is 15.5. The van der Waals surface area contributed by atoms with Gasteiger partial charge in [-0.2, -0.15) is 5.26 Å². The van der Waals surface area contributed by atoms with Crippen LogP contribution in [0.1, 0.15) is 36.6 Å². The van der Waals surface area contributed by atoms with E-state index in [4.69, 9.17) is 5.73 Å². The van der Waals surface area contributed by atoms with Crippen molar-refractivity contribution in [2.75, 3.05) is 7.05 Å². The van der Waals surface area contributed by atoms with Crippen molar-refractivity contribution in [3.63, 3.8) is 0 Å². The Labute approximate surface area is 127 Å². The van der Waals surface area contributed by atoms with Crippen LogP contribution >= 0.6 is 11.3 Å². The van der Waals surface area contributed by atoms with Crippen molar-refractivity contribution in [2.24, 2.45) is 5.73 Å². The van der Waals surface area contributed by atoms with E-state index in [2.05, 4.69) is 11.4 Å². The summed E-state index contributed by atoms with van der Waals surface area (Å²) in [6.07, 6.45) is 2.47. The van der Waals surface area contributed by atoms with E-state index in [0.29, 0.717) is 12.8 Å². The van der Waals surface area contributed by atoms with Crippen LogP contribution in [0.25, 0.3) is 0 Å². The summed E-state index contributed by atoms with van der Waals surface area (Å²) in [5.41, 5.74) is 4.50. The van der Waals surface area contributed by atoms with Crippen LogP contribution in [0, 0.1) is 11.3 Å². The van der Waals surface area contributed by atoms with Gasteiger partial charge in [0.1, 0.15) is 5.54 Å². The number of nitrogens with one attached hydrogen (secondary N) is 1. The molecule has 1 saturated carbocycles. The van der Waals surface area contributed by atoms with Gasteiger partial charge in [0.2, 0.25) is 5.91 Å². The minimum Gasteiger partial charge on any atom is -0.352 e. The number of thiophene rings is 1. The number of rotatable bonds is 5. The van der Waals surface area contributed by atoms with Crippen LogP contribution in [0.3, 0.4) is 0 Å². The largest absolute Gasteiger partial charge is 0.352 e. The Morgan fingerprint density at radius 3 is 2.76 bits per heavy atom. The average molecular weight is 306 g/mol. The molecule has 0 spiro atoms. The molecule has 0 unspecified atom stereocenters. The quantitative estimate of drug-likeness (QED) is 0.866. The van der Waals surface area contributed by atoms with E-state index in [-0.39, 0.29) is 12.3 Å². The number of primary amides is 1. The van der Waals surface area contributed by atoms with Crippen molar-refractivity contribution in [1.29, 1.82) is 5.26 Å². The lowest BCUT2D eigenvalue weighted by atomic mass is 9.76. The molecular formula is C14H18N4O2S. The van der Waals surface area contributed by atoms with E-state index in [9.17, 15) is 14.9 Å². The lowest BCUT2D eigenvalue weighted by Crippen LogP contribution is -2.53. The molecule has 0 radical (unpaired) electrons. The summed E-state index contributed by atoms with van der Waals surface area (Å²) in [4.78, 5) is 25.9. The topological polar surface area (TPSA) is 99.2 Å². The minimum atomic E-state index is -0.677. The molecule has 0 bridgehead atoms. The molecule has 1 aromatic rings. The Morgan fingerprint density at radius 1 is 1.62 bits per heavy atom. The summed E-state index contributed by atoms with van der Waals surface area (Å²) in [6, 6.07) is 4.83. The van der Waals surface area contributed by atoms with Gasteiger partial charge >= 0.3 is 6.03 Å². The highest BCUT2D eigenvalue weighted by molar-refractivity contribution is 7.10. The Balaban J connectivity index is 2.08. The molecule has 1 aromatic heterocycles. The summed E-state index contributed by atoms with van der Waals surface area (Å²) >= 11 is 1.45. The fourth-order valence-electron chi connectivity index (χ4n) is 2.47. The predicted molar refractivity (Wildman–Crippen MR) is 79.4 cm³/mol. The average Bonchev–Trinajstić information content (AvgIpc) is 2.90. The van der Waals surface area contributed by atoms with Crippen LogP contribution in [-0.4, -0.2) is 29.4 Å².